The van der Waals surface area contributed by atoms with E-state index in [-0.39, 0.29) is 29.5 Å². The van der Waals surface area contributed by atoms with Gasteiger partial charge in [-0.15, -0.1) is 0 Å². The quantitative estimate of drug-likeness (QED) is 0.278. The maximum atomic E-state index is 12.7. The number of aromatic carboxylic acids is 1. The van der Waals surface area contributed by atoms with E-state index in [0.717, 1.165) is 12.0 Å². The summed E-state index contributed by atoms with van der Waals surface area (Å²) in [7, 11) is 0. The molecular formula is C23H21ClN2O4S2. The number of amides is 2. The molecule has 1 aliphatic rings. The van der Waals surface area contributed by atoms with Crippen LogP contribution in [0.25, 0.3) is 6.08 Å². The Hall–Kier alpha value is -2.68. The molecule has 0 aliphatic carbocycles. The Morgan fingerprint density at radius 1 is 1.09 bits per heavy atom. The molecular weight excluding hydrogens is 468 g/mol. The third-order valence-electron chi connectivity index (χ3n) is 4.76. The number of carboxylic acid groups (broad SMARTS) is 1. The van der Waals surface area contributed by atoms with Crippen LogP contribution in [0.3, 0.4) is 0 Å². The summed E-state index contributed by atoms with van der Waals surface area (Å²) in [5.41, 5.74) is 1.22. The van der Waals surface area contributed by atoms with Gasteiger partial charge in [0.25, 0.3) is 5.91 Å². The number of carbonyl (C=O) groups excluding carboxylic acids is 2. The van der Waals surface area contributed by atoms with Gasteiger partial charge in [-0.2, -0.15) is 0 Å². The number of thiocarbonyl (C=S) groups is 1. The van der Waals surface area contributed by atoms with Crippen LogP contribution in [0.15, 0.2) is 53.4 Å². The second kappa shape index (κ2) is 11.3. The van der Waals surface area contributed by atoms with Gasteiger partial charge in [0.1, 0.15) is 4.32 Å². The summed E-state index contributed by atoms with van der Waals surface area (Å²) in [4.78, 5) is 38.2. The van der Waals surface area contributed by atoms with Crippen LogP contribution in [0.5, 0.6) is 0 Å². The topological polar surface area (TPSA) is 86.7 Å². The number of halogens is 1. The SMILES string of the molecule is O=C(CCCCCN1C(=O)C(=Cc2ccc(Cl)cc2)SC1=S)Nc1ccccc1C(=O)O. The summed E-state index contributed by atoms with van der Waals surface area (Å²) in [6.07, 6.45) is 4.13. The minimum atomic E-state index is -1.09. The van der Waals surface area contributed by atoms with Crippen LogP contribution in [-0.4, -0.2) is 38.7 Å². The molecule has 1 fully saturated rings. The van der Waals surface area contributed by atoms with E-state index in [2.05, 4.69) is 5.32 Å². The fourth-order valence-electron chi connectivity index (χ4n) is 3.13. The monoisotopic (exact) mass is 488 g/mol. The van der Waals surface area contributed by atoms with Gasteiger partial charge in [-0.3, -0.25) is 14.5 Å². The van der Waals surface area contributed by atoms with E-state index in [9.17, 15) is 19.5 Å². The Bertz CT molecular complexity index is 1070. The molecule has 1 aliphatic heterocycles. The number of nitrogens with zero attached hydrogens (tertiary/aromatic N) is 1. The third kappa shape index (κ3) is 6.41. The van der Waals surface area contributed by atoms with E-state index < -0.39 is 5.97 Å². The van der Waals surface area contributed by atoms with Crippen molar-refractivity contribution in [2.45, 2.75) is 25.7 Å². The predicted octanol–water partition coefficient (Wildman–Crippen LogP) is 5.44. The van der Waals surface area contributed by atoms with Crippen LogP contribution in [0, 0.1) is 0 Å². The van der Waals surface area contributed by atoms with Crippen molar-refractivity contribution in [1.82, 2.24) is 4.90 Å². The van der Waals surface area contributed by atoms with Crippen molar-refractivity contribution >= 4 is 69.4 Å². The molecule has 0 saturated carbocycles. The number of hydrogen-bond donors (Lipinski definition) is 2. The highest BCUT2D eigenvalue weighted by Gasteiger charge is 2.31. The first-order chi connectivity index (χ1) is 15.3. The number of thioether (sulfide) groups is 1. The molecule has 1 saturated heterocycles. The lowest BCUT2D eigenvalue weighted by atomic mass is 10.1. The average Bonchev–Trinajstić information content (AvgIpc) is 3.02. The number of rotatable bonds is 9. The molecule has 0 radical (unpaired) electrons. The van der Waals surface area contributed by atoms with Crippen molar-refractivity contribution in [2.24, 2.45) is 0 Å². The van der Waals surface area contributed by atoms with E-state index in [4.69, 9.17) is 23.8 Å². The molecule has 0 unspecified atom stereocenters. The zero-order chi connectivity index (χ0) is 23.1. The standard InChI is InChI=1S/C23H21ClN2O4S2/c24-16-11-9-15(10-12-16)14-19-21(28)26(23(31)32-19)13-5-1-2-8-20(27)25-18-7-4-3-6-17(18)22(29)30/h3-4,6-7,9-12,14H,1-2,5,8,13H2,(H,25,27)(H,29,30). The second-order valence-corrected chi connectivity index (χ2v) is 9.21. The lowest BCUT2D eigenvalue weighted by molar-refractivity contribution is -0.122. The smallest absolute Gasteiger partial charge is 0.337 e. The van der Waals surface area contributed by atoms with Crippen LogP contribution >= 0.6 is 35.6 Å². The molecule has 9 heteroatoms. The van der Waals surface area contributed by atoms with Crippen molar-refractivity contribution in [2.75, 3.05) is 11.9 Å². The number of anilines is 1. The number of carboxylic acids is 1. The van der Waals surface area contributed by atoms with E-state index in [0.29, 0.717) is 33.6 Å². The summed E-state index contributed by atoms with van der Waals surface area (Å²) in [5, 5.41) is 12.5. The highest BCUT2D eigenvalue weighted by molar-refractivity contribution is 8.26. The van der Waals surface area contributed by atoms with Gasteiger partial charge in [0.2, 0.25) is 5.91 Å². The van der Waals surface area contributed by atoms with E-state index in [1.807, 2.05) is 12.1 Å². The molecule has 0 spiro atoms. The van der Waals surface area contributed by atoms with Crippen LogP contribution in [0.4, 0.5) is 5.69 Å². The lowest BCUT2D eigenvalue weighted by Gasteiger charge is -2.14. The first-order valence-corrected chi connectivity index (χ1v) is 11.6. The molecule has 1 heterocycles. The van der Waals surface area contributed by atoms with Crippen molar-refractivity contribution < 1.29 is 19.5 Å². The second-order valence-electron chi connectivity index (χ2n) is 7.09. The lowest BCUT2D eigenvalue weighted by Crippen LogP contribution is -2.29. The highest BCUT2D eigenvalue weighted by Crippen LogP contribution is 2.33. The number of carbonyl (C=O) groups is 3. The molecule has 6 nitrogen and oxygen atoms in total. The first-order valence-electron chi connectivity index (χ1n) is 9.98. The Labute approximate surface area is 200 Å². The molecule has 0 bridgehead atoms. The number of para-hydroxylation sites is 1. The van der Waals surface area contributed by atoms with Crippen LogP contribution < -0.4 is 5.32 Å². The van der Waals surface area contributed by atoms with Gasteiger partial charge in [-0.05, 0) is 48.7 Å². The number of nitrogens with one attached hydrogen (secondary N) is 1. The van der Waals surface area contributed by atoms with Crippen LogP contribution in [0.2, 0.25) is 5.02 Å². The molecule has 32 heavy (non-hydrogen) atoms. The Kier molecular flexibility index (Phi) is 8.44. The molecule has 166 valence electrons. The first kappa shape index (κ1) is 24.0. The van der Waals surface area contributed by atoms with Gasteiger partial charge in [-0.1, -0.05) is 66.3 Å². The van der Waals surface area contributed by atoms with Crippen molar-refractivity contribution in [3.63, 3.8) is 0 Å². The normalized spacial score (nSPS) is 14.8. The summed E-state index contributed by atoms with van der Waals surface area (Å²) in [6, 6.07) is 13.5. The van der Waals surface area contributed by atoms with Gasteiger partial charge >= 0.3 is 5.97 Å². The largest absolute Gasteiger partial charge is 0.478 e. The van der Waals surface area contributed by atoms with E-state index in [1.54, 1.807) is 41.3 Å². The van der Waals surface area contributed by atoms with Gasteiger partial charge in [0, 0.05) is 18.0 Å². The number of unbranched alkanes of at least 4 members (excludes halogenated alkanes) is 2. The maximum absolute atomic E-state index is 12.7. The zero-order valence-corrected chi connectivity index (χ0v) is 19.4. The summed E-state index contributed by atoms with van der Waals surface area (Å²) in [5.74, 6) is -1.44. The highest BCUT2D eigenvalue weighted by atomic mass is 35.5. The number of benzene rings is 2. The predicted molar refractivity (Wildman–Crippen MR) is 132 cm³/mol. The van der Waals surface area contributed by atoms with Gasteiger partial charge < -0.3 is 10.4 Å². The van der Waals surface area contributed by atoms with Gasteiger partial charge in [0.15, 0.2) is 0 Å². The maximum Gasteiger partial charge on any atom is 0.337 e. The molecule has 2 aromatic carbocycles. The summed E-state index contributed by atoms with van der Waals surface area (Å²) >= 11 is 12.5. The van der Waals surface area contributed by atoms with Crippen molar-refractivity contribution in [3.05, 3.63) is 69.6 Å². The third-order valence-corrected chi connectivity index (χ3v) is 6.39. The van der Waals surface area contributed by atoms with Crippen LogP contribution in [-0.2, 0) is 9.59 Å². The van der Waals surface area contributed by atoms with Gasteiger partial charge in [-0.25, -0.2) is 4.79 Å². The average molecular weight is 489 g/mol. The fourth-order valence-corrected chi connectivity index (χ4v) is 4.56. The van der Waals surface area contributed by atoms with Crippen molar-refractivity contribution in [1.29, 1.82) is 0 Å². The minimum absolute atomic E-state index is 0.0573. The zero-order valence-electron chi connectivity index (χ0n) is 17.0. The molecule has 0 aromatic heterocycles. The van der Waals surface area contributed by atoms with E-state index in [1.165, 1.54) is 17.8 Å². The Morgan fingerprint density at radius 2 is 1.81 bits per heavy atom. The molecule has 2 amide bonds. The Balaban J connectivity index is 1.43. The van der Waals surface area contributed by atoms with Crippen molar-refractivity contribution in [3.8, 4) is 0 Å². The van der Waals surface area contributed by atoms with Gasteiger partial charge in [0.05, 0.1) is 16.2 Å². The van der Waals surface area contributed by atoms with Crippen LogP contribution in [0.1, 0.15) is 41.6 Å². The Morgan fingerprint density at radius 3 is 2.53 bits per heavy atom. The van der Waals surface area contributed by atoms with E-state index >= 15 is 0 Å². The summed E-state index contributed by atoms with van der Waals surface area (Å²) < 4.78 is 0.526. The minimum Gasteiger partial charge on any atom is -0.478 e. The molecule has 2 aromatic rings. The molecule has 2 N–H and O–H groups in total. The molecule has 0 atom stereocenters. The fraction of sp³-hybridized carbons (Fsp3) is 0.217. The molecule has 3 rings (SSSR count). The summed E-state index contributed by atoms with van der Waals surface area (Å²) in [6.45, 7) is 0.492. The number of hydrogen-bond acceptors (Lipinski definition) is 5.